The summed E-state index contributed by atoms with van der Waals surface area (Å²) in [6, 6.07) is 1.77. The van der Waals surface area contributed by atoms with Gasteiger partial charge in [-0.2, -0.15) is 5.10 Å². The average molecular weight is 226 g/mol. The molecule has 1 amide bonds. The fraction of sp³-hybridized carbons (Fsp3) is 0.600. The highest BCUT2D eigenvalue weighted by Gasteiger charge is 2.03. The lowest BCUT2D eigenvalue weighted by Gasteiger charge is -2.01. The van der Waals surface area contributed by atoms with Gasteiger partial charge in [-0.1, -0.05) is 0 Å². The summed E-state index contributed by atoms with van der Waals surface area (Å²) in [4.78, 5) is 11.4. The smallest absolute Gasteiger partial charge is 0.226 e. The van der Waals surface area contributed by atoms with Crippen molar-refractivity contribution in [1.82, 2.24) is 15.1 Å². The number of hydrogen-bond donors (Lipinski definition) is 2. The van der Waals surface area contributed by atoms with Gasteiger partial charge in [-0.15, -0.1) is 0 Å². The first-order valence-corrected chi connectivity index (χ1v) is 5.23. The van der Waals surface area contributed by atoms with E-state index >= 15 is 0 Å². The van der Waals surface area contributed by atoms with Gasteiger partial charge in [-0.05, 0) is 7.05 Å². The summed E-state index contributed by atoms with van der Waals surface area (Å²) in [6.45, 7) is 1.95. The van der Waals surface area contributed by atoms with E-state index in [2.05, 4.69) is 15.7 Å². The fourth-order valence-corrected chi connectivity index (χ4v) is 1.18. The molecule has 0 saturated carbocycles. The lowest BCUT2D eigenvalue weighted by Crippen LogP contribution is -2.19. The molecule has 6 heteroatoms. The van der Waals surface area contributed by atoms with Crippen LogP contribution < -0.4 is 10.6 Å². The van der Waals surface area contributed by atoms with Crippen LogP contribution in [-0.4, -0.2) is 43.0 Å². The summed E-state index contributed by atoms with van der Waals surface area (Å²) in [5.74, 6) is 0.545. The van der Waals surface area contributed by atoms with Crippen LogP contribution in [0.3, 0.4) is 0 Å². The predicted molar refractivity (Wildman–Crippen MR) is 61.3 cm³/mol. The van der Waals surface area contributed by atoms with Crippen molar-refractivity contribution in [3.63, 3.8) is 0 Å². The third-order valence-corrected chi connectivity index (χ3v) is 2.03. The Morgan fingerprint density at radius 3 is 3.12 bits per heavy atom. The van der Waals surface area contributed by atoms with Gasteiger partial charge in [0.25, 0.3) is 0 Å². The minimum Gasteiger partial charge on any atom is -0.383 e. The van der Waals surface area contributed by atoms with Crippen LogP contribution >= 0.6 is 0 Å². The summed E-state index contributed by atoms with van der Waals surface area (Å²) in [7, 11) is 3.46. The molecule has 0 aliphatic carbocycles. The maximum absolute atomic E-state index is 11.4. The van der Waals surface area contributed by atoms with E-state index in [0.717, 1.165) is 0 Å². The molecule has 1 aromatic heterocycles. The maximum atomic E-state index is 11.4. The van der Waals surface area contributed by atoms with Crippen molar-refractivity contribution in [3.05, 3.63) is 12.3 Å². The quantitative estimate of drug-likeness (QED) is 0.691. The second kappa shape index (κ2) is 6.97. The molecule has 90 valence electrons. The van der Waals surface area contributed by atoms with Crippen molar-refractivity contribution < 1.29 is 9.53 Å². The number of ether oxygens (including phenoxy) is 1. The summed E-state index contributed by atoms with van der Waals surface area (Å²) in [6.07, 6.45) is 2.26. The van der Waals surface area contributed by atoms with Gasteiger partial charge in [0, 0.05) is 32.3 Å². The van der Waals surface area contributed by atoms with Crippen LogP contribution in [0.2, 0.25) is 0 Å². The predicted octanol–water partition coefficient (Wildman–Crippen LogP) is 0.0775. The highest BCUT2D eigenvalue weighted by molar-refractivity contribution is 5.89. The van der Waals surface area contributed by atoms with Crippen LogP contribution in [0, 0.1) is 0 Å². The Bertz CT molecular complexity index is 324. The Morgan fingerprint density at radius 1 is 1.62 bits per heavy atom. The molecule has 0 bridgehead atoms. The Morgan fingerprint density at radius 2 is 2.44 bits per heavy atom. The largest absolute Gasteiger partial charge is 0.383 e. The van der Waals surface area contributed by atoms with Gasteiger partial charge in [0.1, 0.15) is 0 Å². The number of carbonyl (C=O) groups excluding carboxylic acids is 1. The molecule has 1 rings (SSSR count). The molecule has 1 aromatic rings. The third kappa shape index (κ3) is 4.41. The monoisotopic (exact) mass is 226 g/mol. The van der Waals surface area contributed by atoms with Crippen molar-refractivity contribution in [2.75, 3.05) is 32.6 Å². The van der Waals surface area contributed by atoms with Crippen LogP contribution in [0.1, 0.15) is 6.42 Å². The van der Waals surface area contributed by atoms with E-state index in [1.54, 1.807) is 17.9 Å². The first kappa shape index (κ1) is 12.7. The molecule has 0 aliphatic rings. The molecule has 6 nitrogen and oxygen atoms in total. The van der Waals surface area contributed by atoms with Gasteiger partial charge in [0.2, 0.25) is 5.91 Å². The molecule has 0 radical (unpaired) electrons. The number of anilines is 1. The molecule has 0 aromatic carbocycles. The van der Waals surface area contributed by atoms with E-state index in [0.29, 0.717) is 31.9 Å². The van der Waals surface area contributed by atoms with E-state index in [1.807, 2.05) is 13.2 Å². The van der Waals surface area contributed by atoms with Gasteiger partial charge >= 0.3 is 0 Å². The normalized spacial score (nSPS) is 10.4. The average Bonchev–Trinajstić information content (AvgIpc) is 2.71. The topological polar surface area (TPSA) is 68.2 Å². The molecule has 0 fully saturated rings. The lowest BCUT2D eigenvalue weighted by atomic mass is 10.4. The van der Waals surface area contributed by atoms with Crippen LogP contribution in [0.5, 0.6) is 0 Å². The SMILES string of the molecule is CNCCC(=O)Nc1ccn(CCOC)n1. The summed E-state index contributed by atoms with van der Waals surface area (Å²) in [5.41, 5.74) is 0. The Balaban J connectivity index is 2.36. The van der Waals surface area contributed by atoms with Crippen molar-refractivity contribution in [2.24, 2.45) is 0 Å². The molecule has 0 atom stereocenters. The molecule has 0 aliphatic heterocycles. The Hall–Kier alpha value is -1.40. The Kier molecular flexibility index (Phi) is 5.52. The molecule has 1 heterocycles. The van der Waals surface area contributed by atoms with Crippen LogP contribution in [0.15, 0.2) is 12.3 Å². The molecule has 0 unspecified atom stereocenters. The summed E-state index contributed by atoms with van der Waals surface area (Å²) >= 11 is 0. The van der Waals surface area contributed by atoms with E-state index in [4.69, 9.17) is 4.74 Å². The molecule has 2 N–H and O–H groups in total. The van der Waals surface area contributed by atoms with Gasteiger partial charge in [-0.3, -0.25) is 9.48 Å². The Labute approximate surface area is 95.0 Å². The van der Waals surface area contributed by atoms with Gasteiger partial charge in [0.05, 0.1) is 13.2 Å². The van der Waals surface area contributed by atoms with E-state index in [1.165, 1.54) is 0 Å². The lowest BCUT2D eigenvalue weighted by molar-refractivity contribution is -0.116. The fourth-order valence-electron chi connectivity index (χ4n) is 1.18. The number of carbonyl (C=O) groups is 1. The maximum Gasteiger partial charge on any atom is 0.226 e. The second-order valence-electron chi connectivity index (χ2n) is 3.36. The van der Waals surface area contributed by atoms with Gasteiger partial charge in [-0.25, -0.2) is 0 Å². The molecule has 0 spiro atoms. The zero-order chi connectivity index (χ0) is 11.8. The third-order valence-electron chi connectivity index (χ3n) is 2.03. The molecule has 16 heavy (non-hydrogen) atoms. The number of aromatic nitrogens is 2. The minimum absolute atomic E-state index is 0.0358. The van der Waals surface area contributed by atoms with Crippen LogP contribution in [0.25, 0.3) is 0 Å². The number of hydrogen-bond acceptors (Lipinski definition) is 4. The number of methoxy groups -OCH3 is 1. The van der Waals surface area contributed by atoms with Crippen molar-refractivity contribution >= 4 is 11.7 Å². The zero-order valence-electron chi connectivity index (χ0n) is 9.69. The first-order valence-electron chi connectivity index (χ1n) is 5.23. The van der Waals surface area contributed by atoms with E-state index in [-0.39, 0.29) is 5.91 Å². The van der Waals surface area contributed by atoms with Crippen molar-refractivity contribution in [3.8, 4) is 0 Å². The van der Waals surface area contributed by atoms with Crippen LogP contribution in [-0.2, 0) is 16.1 Å². The van der Waals surface area contributed by atoms with Crippen molar-refractivity contribution in [2.45, 2.75) is 13.0 Å². The van der Waals surface area contributed by atoms with Crippen LogP contribution in [0.4, 0.5) is 5.82 Å². The summed E-state index contributed by atoms with van der Waals surface area (Å²) < 4.78 is 6.67. The van der Waals surface area contributed by atoms with Gasteiger partial charge < -0.3 is 15.4 Å². The highest BCUT2D eigenvalue weighted by atomic mass is 16.5. The summed E-state index contributed by atoms with van der Waals surface area (Å²) in [5, 5.41) is 9.82. The molecular formula is C10H18N4O2. The van der Waals surface area contributed by atoms with E-state index < -0.39 is 0 Å². The molecule has 0 saturated heterocycles. The van der Waals surface area contributed by atoms with Gasteiger partial charge in [0.15, 0.2) is 5.82 Å². The molecular weight excluding hydrogens is 208 g/mol. The number of nitrogens with zero attached hydrogens (tertiary/aromatic N) is 2. The number of amides is 1. The number of nitrogens with one attached hydrogen (secondary N) is 2. The first-order chi connectivity index (χ1) is 7.76. The minimum atomic E-state index is -0.0358. The zero-order valence-corrected chi connectivity index (χ0v) is 9.69. The standard InChI is InChI=1S/C10H18N4O2/c1-11-5-3-10(15)12-9-4-6-14(13-9)7-8-16-2/h4,6,11H,3,5,7-8H2,1-2H3,(H,12,13,15). The number of rotatable bonds is 7. The second-order valence-corrected chi connectivity index (χ2v) is 3.36. The highest BCUT2D eigenvalue weighted by Crippen LogP contribution is 2.02. The van der Waals surface area contributed by atoms with E-state index in [9.17, 15) is 4.79 Å². The van der Waals surface area contributed by atoms with Crippen molar-refractivity contribution in [1.29, 1.82) is 0 Å².